The van der Waals surface area contributed by atoms with Crippen molar-refractivity contribution in [1.29, 1.82) is 0 Å². The Morgan fingerprint density at radius 2 is 1.81 bits per heavy atom. The van der Waals surface area contributed by atoms with Crippen molar-refractivity contribution in [3.05, 3.63) is 59.2 Å². The number of methoxy groups -OCH3 is 2. The number of hydrogen-bond donors (Lipinski definition) is 1. The van der Waals surface area contributed by atoms with E-state index in [2.05, 4.69) is 0 Å². The van der Waals surface area contributed by atoms with Gasteiger partial charge in [0, 0.05) is 18.7 Å². The van der Waals surface area contributed by atoms with E-state index in [1.54, 1.807) is 19.2 Å². The van der Waals surface area contributed by atoms with E-state index in [1.807, 2.05) is 11.0 Å². The van der Waals surface area contributed by atoms with Gasteiger partial charge < -0.3 is 19.3 Å². The number of nitrogens with zero attached hydrogens (tertiary/aromatic N) is 1. The van der Waals surface area contributed by atoms with Crippen molar-refractivity contribution in [3.8, 4) is 11.5 Å². The number of hydrogen-bond acceptors (Lipinski definition) is 5. The molecule has 0 aromatic heterocycles. The second-order valence-electron chi connectivity index (χ2n) is 6.32. The zero-order valence-corrected chi connectivity index (χ0v) is 15.3. The maximum atomic E-state index is 14.1. The molecule has 2 aromatic rings. The van der Waals surface area contributed by atoms with Crippen molar-refractivity contribution in [1.82, 2.24) is 4.90 Å². The Balaban J connectivity index is 1.97. The third kappa shape index (κ3) is 4.05. The Labute approximate surface area is 157 Å². The number of ether oxygens (including phenoxy) is 3. The van der Waals surface area contributed by atoms with Crippen molar-refractivity contribution in [2.75, 3.05) is 34.0 Å². The maximum Gasteiger partial charge on any atom is 0.161 e. The third-order valence-corrected chi connectivity index (χ3v) is 4.81. The van der Waals surface area contributed by atoms with Gasteiger partial charge >= 0.3 is 0 Å². The summed E-state index contributed by atoms with van der Waals surface area (Å²) in [7, 11) is 3.08. The first-order valence-corrected chi connectivity index (χ1v) is 8.70. The zero-order valence-electron chi connectivity index (χ0n) is 15.3. The van der Waals surface area contributed by atoms with Gasteiger partial charge in [-0.25, -0.2) is 8.78 Å². The van der Waals surface area contributed by atoms with Crippen molar-refractivity contribution < 1.29 is 28.1 Å². The van der Waals surface area contributed by atoms with Crippen LogP contribution in [0.1, 0.15) is 17.2 Å². The summed E-state index contributed by atoms with van der Waals surface area (Å²) < 4.78 is 44.6. The summed E-state index contributed by atoms with van der Waals surface area (Å²) in [5, 5.41) is 9.79. The molecule has 0 amide bonds. The molecule has 1 aliphatic heterocycles. The Hall–Kier alpha value is -2.22. The predicted octanol–water partition coefficient (Wildman–Crippen LogP) is 2.92. The molecule has 1 heterocycles. The standard InChI is InChI=1S/C20H23F2NO4/c1-25-17-7-6-13(10-18(17)26-2)20-19(12-24)27-9-8-23(20)11-14-15(21)4-3-5-16(14)22/h3-7,10,19-20,24H,8-9,11-12H2,1-2H3/t19-,20-/m1/s1. The summed E-state index contributed by atoms with van der Waals surface area (Å²) in [6, 6.07) is 8.85. The average molecular weight is 379 g/mol. The highest BCUT2D eigenvalue weighted by molar-refractivity contribution is 5.44. The molecule has 0 saturated carbocycles. The molecule has 146 valence electrons. The van der Waals surface area contributed by atoms with Gasteiger partial charge in [0.2, 0.25) is 0 Å². The highest BCUT2D eigenvalue weighted by atomic mass is 19.1. The lowest BCUT2D eigenvalue weighted by Gasteiger charge is -2.41. The molecule has 0 aliphatic carbocycles. The Morgan fingerprint density at radius 1 is 1.11 bits per heavy atom. The first-order chi connectivity index (χ1) is 13.1. The molecule has 0 bridgehead atoms. The summed E-state index contributed by atoms with van der Waals surface area (Å²) >= 11 is 0. The van der Waals surface area contributed by atoms with Crippen molar-refractivity contribution in [2.45, 2.75) is 18.7 Å². The van der Waals surface area contributed by atoms with Crippen LogP contribution in [0.2, 0.25) is 0 Å². The molecule has 1 aliphatic rings. The lowest BCUT2D eigenvalue weighted by molar-refractivity contribution is -0.0965. The smallest absolute Gasteiger partial charge is 0.161 e. The molecule has 1 N–H and O–H groups in total. The lowest BCUT2D eigenvalue weighted by Crippen LogP contribution is -2.46. The minimum Gasteiger partial charge on any atom is -0.493 e. The van der Waals surface area contributed by atoms with Gasteiger partial charge in [-0.2, -0.15) is 0 Å². The number of rotatable bonds is 6. The number of benzene rings is 2. The van der Waals surface area contributed by atoms with Crippen LogP contribution in [0.15, 0.2) is 36.4 Å². The molecule has 3 rings (SSSR count). The summed E-state index contributed by atoms with van der Waals surface area (Å²) in [4.78, 5) is 1.91. The summed E-state index contributed by atoms with van der Waals surface area (Å²) in [5.41, 5.74) is 0.810. The molecular formula is C20H23F2NO4. The highest BCUT2D eigenvalue weighted by Gasteiger charge is 2.34. The normalized spacial score (nSPS) is 20.5. The van der Waals surface area contributed by atoms with E-state index in [4.69, 9.17) is 14.2 Å². The Morgan fingerprint density at radius 3 is 2.44 bits per heavy atom. The minimum atomic E-state index is -0.590. The molecule has 1 saturated heterocycles. The van der Waals surface area contributed by atoms with Crippen LogP contribution in [0, 0.1) is 11.6 Å². The molecule has 2 atom stereocenters. The number of aliphatic hydroxyl groups excluding tert-OH is 1. The SMILES string of the molecule is COc1ccc([C@@H]2[C@@H](CO)OCCN2Cc2c(F)cccc2F)cc1OC. The van der Waals surface area contributed by atoms with Crippen molar-refractivity contribution in [2.24, 2.45) is 0 Å². The first kappa shape index (κ1) is 19.5. The van der Waals surface area contributed by atoms with Crippen molar-refractivity contribution >= 4 is 0 Å². The van der Waals surface area contributed by atoms with E-state index >= 15 is 0 Å². The second-order valence-corrected chi connectivity index (χ2v) is 6.32. The number of halogens is 2. The van der Waals surface area contributed by atoms with Gasteiger partial charge in [-0.3, -0.25) is 4.90 Å². The number of morpholine rings is 1. The summed E-state index contributed by atoms with van der Waals surface area (Å²) in [5.74, 6) is -0.0688. The molecular weight excluding hydrogens is 356 g/mol. The monoisotopic (exact) mass is 379 g/mol. The highest BCUT2D eigenvalue weighted by Crippen LogP contribution is 2.36. The van der Waals surface area contributed by atoms with Crippen LogP contribution in [0.25, 0.3) is 0 Å². The summed E-state index contributed by atoms with van der Waals surface area (Å²) in [6.07, 6.45) is -0.522. The van der Waals surface area contributed by atoms with Crippen LogP contribution in [0.4, 0.5) is 8.78 Å². The number of aliphatic hydroxyl groups is 1. The molecule has 1 fully saturated rings. The maximum absolute atomic E-state index is 14.1. The minimum absolute atomic E-state index is 0.00145. The van der Waals surface area contributed by atoms with Gasteiger partial charge in [-0.1, -0.05) is 12.1 Å². The second kappa shape index (κ2) is 8.65. The van der Waals surface area contributed by atoms with Crippen LogP contribution in [0.5, 0.6) is 11.5 Å². The van der Waals surface area contributed by atoms with E-state index < -0.39 is 17.7 Å². The van der Waals surface area contributed by atoms with E-state index in [-0.39, 0.29) is 24.8 Å². The van der Waals surface area contributed by atoms with Gasteiger partial charge in [-0.15, -0.1) is 0 Å². The van der Waals surface area contributed by atoms with Gasteiger partial charge in [0.15, 0.2) is 11.5 Å². The van der Waals surface area contributed by atoms with Gasteiger partial charge in [0.25, 0.3) is 0 Å². The van der Waals surface area contributed by atoms with Crippen LogP contribution in [0.3, 0.4) is 0 Å². The zero-order chi connectivity index (χ0) is 19.4. The van der Waals surface area contributed by atoms with E-state index in [0.29, 0.717) is 24.7 Å². The largest absolute Gasteiger partial charge is 0.493 e. The van der Waals surface area contributed by atoms with Crippen LogP contribution in [-0.2, 0) is 11.3 Å². The molecule has 7 heteroatoms. The average Bonchev–Trinajstić information content (AvgIpc) is 2.70. The fraction of sp³-hybridized carbons (Fsp3) is 0.400. The van der Waals surface area contributed by atoms with Gasteiger partial charge in [0.1, 0.15) is 17.7 Å². The first-order valence-electron chi connectivity index (χ1n) is 8.70. The van der Waals surface area contributed by atoms with Crippen LogP contribution in [-0.4, -0.2) is 50.1 Å². The fourth-order valence-corrected chi connectivity index (χ4v) is 3.47. The third-order valence-electron chi connectivity index (χ3n) is 4.81. The Kier molecular flexibility index (Phi) is 6.26. The molecule has 0 radical (unpaired) electrons. The lowest BCUT2D eigenvalue weighted by atomic mass is 9.97. The van der Waals surface area contributed by atoms with E-state index in [0.717, 1.165) is 5.56 Å². The Bertz CT molecular complexity index is 766. The van der Waals surface area contributed by atoms with Crippen LogP contribution >= 0.6 is 0 Å². The van der Waals surface area contributed by atoms with Gasteiger partial charge in [-0.05, 0) is 29.8 Å². The molecule has 27 heavy (non-hydrogen) atoms. The molecule has 0 unspecified atom stereocenters. The quantitative estimate of drug-likeness (QED) is 0.837. The predicted molar refractivity (Wildman–Crippen MR) is 95.9 cm³/mol. The van der Waals surface area contributed by atoms with Gasteiger partial charge in [0.05, 0.1) is 33.5 Å². The van der Waals surface area contributed by atoms with Crippen molar-refractivity contribution in [3.63, 3.8) is 0 Å². The van der Waals surface area contributed by atoms with Crippen LogP contribution < -0.4 is 9.47 Å². The summed E-state index contributed by atoms with van der Waals surface area (Å²) in [6.45, 7) is 0.695. The van der Waals surface area contributed by atoms with E-state index in [9.17, 15) is 13.9 Å². The van der Waals surface area contributed by atoms with E-state index in [1.165, 1.54) is 25.3 Å². The molecule has 0 spiro atoms. The molecule has 2 aromatic carbocycles. The fourth-order valence-electron chi connectivity index (χ4n) is 3.47. The molecule has 5 nitrogen and oxygen atoms in total. The topological polar surface area (TPSA) is 51.2 Å².